The predicted octanol–water partition coefficient (Wildman–Crippen LogP) is -0.105. The van der Waals surface area contributed by atoms with Crippen molar-refractivity contribution in [3.63, 3.8) is 0 Å². The number of ether oxygens (including phenoxy) is 1. The molecule has 0 fully saturated rings. The molecule has 9 heteroatoms. The number of rotatable bonds is 5. The van der Waals surface area contributed by atoms with Crippen LogP contribution in [0, 0.1) is 0 Å². The lowest BCUT2D eigenvalue weighted by atomic mass is 10.3. The smallest absolute Gasteiger partial charge is 0.332 e. The van der Waals surface area contributed by atoms with Crippen molar-refractivity contribution >= 4 is 28.9 Å². The number of fused-ring (bicyclic) bond motifs is 1. The largest absolute Gasteiger partial charge is 0.466 e. The summed E-state index contributed by atoms with van der Waals surface area (Å²) in [5, 5.41) is 0. The highest BCUT2D eigenvalue weighted by atomic mass is 32.1. The van der Waals surface area contributed by atoms with Crippen molar-refractivity contribution in [3.8, 4) is 0 Å². The van der Waals surface area contributed by atoms with Crippen molar-refractivity contribution < 1.29 is 9.53 Å². The molecule has 0 bridgehead atoms. The van der Waals surface area contributed by atoms with Gasteiger partial charge in [0.15, 0.2) is 11.2 Å². The van der Waals surface area contributed by atoms with Crippen LogP contribution >= 0.6 is 11.7 Å². The summed E-state index contributed by atoms with van der Waals surface area (Å²) < 4.78 is 15.0. The number of nitrogens with zero attached hydrogens (tertiary/aromatic N) is 4. The van der Waals surface area contributed by atoms with Crippen molar-refractivity contribution in [2.24, 2.45) is 7.05 Å². The van der Waals surface area contributed by atoms with E-state index in [1.54, 1.807) is 6.92 Å². The maximum Gasteiger partial charge on any atom is 0.332 e. The third-order valence-corrected chi connectivity index (χ3v) is 3.34. The van der Waals surface area contributed by atoms with E-state index in [0.717, 1.165) is 16.3 Å². The highest BCUT2D eigenvalue weighted by Crippen LogP contribution is 2.03. The maximum absolute atomic E-state index is 12.1. The topological polar surface area (TPSA) is 96.1 Å². The van der Waals surface area contributed by atoms with E-state index in [0.29, 0.717) is 13.0 Å². The number of carbonyl (C=O) groups excluding carboxylic acids is 1. The molecule has 0 aliphatic rings. The summed E-state index contributed by atoms with van der Waals surface area (Å²) in [7, 11) is 1.54. The van der Waals surface area contributed by atoms with E-state index in [1.165, 1.54) is 11.6 Å². The minimum Gasteiger partial charge on any atom is -0.466 e. The molecule has 0 unspecified atom stereocenters. The molecular formula is C11H14N4O4S. The maximum atomic E-state index is 12.1. The minimum atomic E-state index is -0.472. The Morgan fingerprint density at radius 3 is 2.80 bits per heavy atom. The average molecular weight is 298 g/mol. The molecule has 108 valence electrons. The average Bonchev–Trinajstić information content (AvgIpc) is 2.90. The zero-order chi connectivity index (χ0) is 14.7. The van der Waals surface area contributed by atoms with Gasteiger partial charge < -0.3 is 4.74 Å². The molecule has 0 aromatic carbocycles. The Balaban J connectivity index is 2.24. The first-order valence-corrected chi connectivity index (χ1v) is 6.87. The molecule has 0 atom stereocenters. The van der Waals surface area contributed by atoms with E-state index in [-0.39, 0.29) is 30.1 Å². The van der Waals surface area contributed by atoms with Crippen LogP contribution in [0.25, 0.3) is 11.2 Å². The number of hydrogen-bond acceptors (Lipinski definition) is 7. The fourth-order valence-electron chi connectivity index (χ4n) is 1.84. The van der Waals surface area contributed by atoms with E-state index in [1.807, 2.05) is 0 Å². The van der Waals surface area contributed by atoms with Crippen LogP contribution in [0.3, 0.4) is 0 Å². The summed E-state index contributed by atoms with van der Waals surface area (Å²) in [5.74, 6) is -0.339. The molecule has 20 heavy (non-hydrogen) atoms. The molecule has 2 heterocycles. The zero-order valence-corrected chi connectivity index (χ0v) is 12.0. The van der Waals surface area contributed by atoms with Crippen molar-refractivity contribution in [1.82, 2.24) is 17.9 Å². The van der Waals surface area contributed by atoms with E-state index in [4.69, 9.17) is 4.74 Å². The Kier molecular flexibility index (Phi) is 4.28. The van der Waals surface area contributed by atoms with E-state index in [2.05, 4.69) is 8.75 Å². The number of carbonyl (C=O) groups is 1. The van der Waals surface area contributed by atoms with E-state index in [9.17, 15) is 14.4 Å². The lowest BCUT2D eigenvalue weighted by molar-refractivity contribution is -0.143. The standard InChI is InChI=1S/C11H14N4O4S/c1-3-19-7(16)5-4-6-15-10(17)8-9(13-20-12-8)14(2)11(15)18/h3-6H2,1-2H3. The summed E-state index contributed by atoms with van der Waals surface area (Å²) >= 11 is 0.887. The SMILES string of the molecule is CCOC(=O)CCCn1c(=O)c2nsnc2n(C)c1=O. The Hall–Kier alpha value is -2.03. The van der Waals surface area contributed by atoms with Gasteiger partial charge in [-0.2, -0.15) is 8.75 Å². The summed E-state index contributed by atoms with van der Waals surface area (Å²) in [6, 6.07) is 0. The summed E-state index contributed by atoms with van der Waals surface area (Å²) in [4.78, 5) is 35.4. The lowest BCUT2D eigenvalue weighted by Gasteiger charge is -2.07. The fraction of sp³-hybridized carbons (Fsp3) is 0.545. The van der Waals surface area contributed by atoms with Gasteiger partial charge in [-0.3, -0.25) is 18.7 Å². The van der Waals surface area contributed by atoms with Gasteiger partial charge in [0, 0.05) is 20.0 Å². The second kappa shape index (κ2) is 5.95. The molecule has 2 aromatic rings. The second-order valence-corrected chi connectivity index (χ2v) is 4.67. The molecule has 2 rings (SSSR count). The predicted molar refractivity (Wildman–Crippen MR) is 72.8 cm³/mol. The van der Waals surface area contributed by atoms with Crippen LogP contribution in [0.5, 0.6) is 0 Å². The Morgan fingerprint density at radius 2 is 2.10 bits per heavy atom. The summed E-state index contributed by atoms with van der Waals surface area (Å²) in [6.07, 6.45) is 0.522. The third kappa shape index (κ3) is 2.62. The normalized spacial score (nSPS) is 10.9. The monoisotopic (exact) mass is 298 g/mol. The van der Waals surface area contributed by atoms with Crippen LogP contribution in [-0.2, 0) is 23.1 Å². The number of aromatic nitrogens is 4. The number of hydrogen-bond donors (Lipinski definition) is 0. The molecule has 0 radical (unpaired) electrons. The number of esters is 1. The van der Waals surface area contributed by atoms with Crippen LogP contribution in [-0.4, -0.2) is 30.5 Å². The lowest BCUT2D eigenvalue weighted by Crippen LogP contribution is -2.39. The van der Waals surface area contributed by atoms with Gasteiger partial charge in [-0.1, -0.05) is 0 Å². The molecule has 0 aliphatic carbocycles. The summed E-state index contributed by atoms with van der Waals surface area (Å²) in [6.45, 7) is 2.19. The first-order chi connectivity index (χ1) is 9.56. The molecule has 0 saturated carbocycles. The van der Waals surface area contributed by atoms with Gasteiger partial charge in [-0.25, -0.2) is 4.79 Å². The number of aryl methyl sites for hydroxylation is 1. The molecule has 0 N–H and O–H groups in total. The van der Waals surface area contributed by atoms with Crippen LogP contribution in [0.15, 0.2) is 9.59 Å². The first kappa shape index (κ1) is 14.4. The van der Waals surface area contributed by atoms with Gasteiger partial charge in [-0.15, -0.1) is 0 Å². The zero-order valence-electron chi connectivity index (χ0n) is 11.2. The van der Waals surface area contributed by atoms with Gasteiger partial charge in [0.2, 0.25) is 0 Å². The second-order valence-electron chi connectivity index (χ2n) is 4.14. The van der Waals surface area contributed by atoms with Gasteiger partial charge in [0.1, 0.15) is 0 Å². The van der Waals surface area contributed by atoms with Crippen molar-refractivity contribution in [3.05, 3.63) is 20.8 Å². The minimum absolute atomic E-state index is 0.151. The van der Waals surface area contributed by atoms with Gasteiger partial charge in [0.25, 0.3) is 5.56 Å². The molecule has 0 spiro atoms. The van der Waals surface area contributed by atoms with Crippen LogP contribution in [0.2, 0.25) is 0 Å². The molecular weight excluding hydrogens is 284 g/mol. The molecule has 2 aromatic heterocycles. The molecule has 0 amide bonds. The van der Waals surface area contributed by atoms with Gasteiger partial charge >= 0.3 is 11.7 Å². The molecule has 0 aliphatic heterocycles. The highest BCUT2D eigenvalue weighted by Gasteiger charge is 2.14. The Bertz CT molecular complexity index is 745. The molecule has 8 nitrogen and oxygen atoms in total. The third-order valence-electron chi connectivity index (χ3n) is 2.82. The van der Waals surface area contributed by atoms with Crippen molar-refractivity contribution in [1.29, 1.82) is 0 Å². The summed E-state index contributed by atoms with van der Waals surface area (Å²) in [5.41, 5.74) is -0.473. The van der Waals surface area contributed by atoms with Crippen LogP contribution in [0.4, 0.5) is 0 Å². The van der Waals surface area contributed by atoms with Gasteiger partial charge in [0.05, 0.1) is 18.3 Å². The Morgan fingerprint density at radius 1 is 1.35 bits per heavy atom. The first-order valence-electron chi connectivity index (χ1n) is 6.14. The van der Waals surface area contributed by atoms with Crippen molar-refractivity contribution in [2.75, 3.05) is 6.61 Å². The van der Waals surface area contributed by atoms with Gasteiger partial charge in [-0.05, 0) is 13.3 Å². The highest BCUT2D eigenvalue weighted by molar-refractivity contribution is 7.00. The van der Waals surface area contributed by atoms with E-state index >= 15 is 0 Å². The Labute approximate surface area is 117 Å². The quantitative estimate of drug-likeness (QED) is 0.715. The van der Waals surface area contributed by atoms with E-state index < -0.39 is 11.2 Å². The van der Waals surface area contributed by atoms with Crippen LogP contribution < -0.4 is 11.2 Å². The molecule has 0 saturated heterocycles. The van der Waals surface area contributed by atoms with Crippen molar-refractivity contribution in [2.45, 2.75) is 26.3 Å². The fourth-order valence-corrected chi connectivity index (χ4v) is 2.41. The van der Waals surface area contributed by atoms with Crippen LogP contribution in [0.1, 0.15) is 19.8 Å².